The molecule has 1 aliphatic rings. The Hall–Kier alpha value is -0.260. The summed E-state index contributed by atoms with van der Waals surface area (Å²) < 4.78 is 0. The second kappa shape index (κ2) is 5.58. The van der Waals surface area contributed by atoms with Crippen LogP contribution in [0.15, 0.2) is 12.2 Å². The Morgan fingerprint density at radius 3 is 2.36 bits per heavy atom. The monoisotopic (exact) mass is 194 g/mol. The molecule has 14 heavy (non-hydrogen) atoms. The summed E-state index contributed by atoms with van der Waals surface area (Å²) in [7, 11) is 0. The van der Waals surface area contributed by atoms with E-state index in [1.807, 2.05) is 0 Å². The van der Waals surface area contributed by atoms with Gasteiger partial charge in [0.25, 0.3) is 0 Å². The molecule has 0 aromatic rings. The van der Waals surface area contributed by atoms with Gasteiger partial charge in [0.1, 0.15) is 0 Å². The van der Waals surface area contributed by atoms with Gasteiger partial charge in [-0.3, -0.25) is 0 Å². The third-order valence-corrected chi connectivity index (χ3v) is 3.67. The molecule has 0 heteroatoms. The van der Waals surface area contributed by atoms with Gasteiger partial charge in [-0.2, -0.15) is 0 Å². The smallest absolute Gasteiger partial charge is 0.0202 e. The Labute approximate surface area is 89.8 Å². The Kier molecular flexibility index (Phi) is 4.71. The van der Waals surface area contributed by atoms with E-state index >= 15 is 0 Å². The van der Waals surface area contributed by atoms with Gasteiger partial charge in [0.05, 0.1) is 0 Å². The van der Waals surface area contributed by atoms with E-state index in [9.17, 15) is 0 Å². The van der Waals surface area contributed by atoms with E-state index in [2.05, 4.69) is 39.8 Å². The van der Waals surface area contributed by atoms with Crippen LogP contribution in [0.1, 0.15) is 53.4 Å². The lowest BCUT2D eigenvalue weighted by atomic mass is 9.74. The van der Waals surface area contributed by atoms with Crippen LogP contribution in [0.25, 0.3) is 0 Å². The molecule has 3 atom stereocenters. The molecule has 0 aliphatic heterocycles. The Morgan fingerprint density at radius 1 is 1.21 bits per heavy atom. The first-order valence-corrected chi connectivity index (χ1v) is 6.33. The first-order chi connectivity index (χ1) is 6.65. The van der Waals surface area contributed by atoms with Gasteiger partial charge in [0.2, 0.25) is 0 Å². The van der Waals surface area contributed by atoms with Crippen molar-refractivity contribution in [3.63, 3.8) is 0 Å². The van der Waals surface area contributed by atoms with Crippen LogP contribution in [0.3, 0.4) is 0 Å². The van der Waals surface area contributed by atoms with Gasteiger partial charge in [0.15, 0.2) is 0 Å². The minimum absolute atomic E-state index is 0.820. The van der Waals surface area contributed by atoms with Gasteiger partial charge in [0, 0.05) is 0 Å². The van der Waals surface area contributed by atoms with E-state index in [4.69, 9.17) is 0 Å². The van der Waals surface area contributed by atoms with E-state index in [1.54, 1.807) is 0 Å². The first kappa shape index (κ1) is 11.8. The van der Waals surface area contributed by atoms with Crippen molar-refractivity contribution in [1.82, 2.24) is 0 Å². The molecule has 0 radical (unpaired) electrons. The van der Waals surface area contributed by atoms with Crippen molar-refractivity contribution >= 4 is 0 Å². The van der Waals surface area contributed by atoms with Crippen molar-refractivity contribution in [3.05, 3.63) is 12.2 Å². The maximum atomic E-state index is 2.49. The van der Waals surface area contributed by atoms with Crippen molar-refractivity contribution in [2.75, 3.05) is 0 Å². The van der Waals surface area contributed by atoms with Crippen LogP contribution in [-0.4, -0.2) is 0 Å². The SMILES string of the molecule is CCCC(C(C)C)C1C=CC(C)CC1. The zero-order valence-electron chi connectivity index (χ0n) is 10.3. The molecule has 0 fully saturated rings. The molecule has 3 unspecified atom stereocenters. The summed E-state index contributed by atoms with van der Waals surface area (Å²) in [5.74, 6) is 3.45. The van der Waals surface area contributed by atoms with Crippen LogP contribution in [0.2, 0.25) is 0 Å². The maximum absolute atomic E-state index is 2.49. The van der Waals surface area contributed by atoms with Crippen molar-refractivity contribution in [3.8, 4) is 0 Å². The lowest BCUT2D eigenvalue weighted by molar-refractivity contribution is 0.247. The van der Waals surface area contributed by atoms with E-state index < -0.39 is 0 Å². The lowest BCUT2D eigenvalue weighted by Gasteiger charge is -2.31. The minimum atomic E-state index is 0.820. The highest BCUT2D eigenvalue weighted by molar-refractivity contribution is 4.99. The fourth-order valence-electron chi connectivity index (χ4n) is 2.71. The topological polar surface area (TPSA) is 0 Å². The highest BCUT2D eigenvalue weighted by atomic mass is 14.3. The number of rotatable bonds is 4. The molecule has 0 aromatic carbocycles. The van der Waals surface area contributed by atoms with Crippen LogP contribution in [-0.2, 0) is 0 Å². The van der Waals surface area contributed by atoms with Crippen LogP contribution in [0.4, 0.5) is 0 Å². The summed E-state index contributed by atoms with van der Waals surface area (Å²) in [6.45, 7) is 9.40. The highest BCUT2D eigenvalue weighted by Crippen LogP contribution is 2.34. The van der Waals surface area contributed by atoms with Crippen molar-refractivity contribution in [1.29, 1.82) is 0 Å². The van der Waals surface area contributed by atoms with Gasteiger partial charge >= 0.3 is 0 Å². The molecule has 0 heterocycles. The maximum Gasteiger partial charge on any atom is -0.0202 e. The van der Waals surface area contributed by atoms with Gasteiger partial charge in [-0.25, -0.2) is 0 Å². The summed E-state index contributed by atoms with van der Waals surface area (Å²) in [6.07, 6.45) is 10.5. The molecule has 0 saturated carbocycles. The quantitative estimate of drug-likeness (QED) is 0.571. The summed E-state index contributed by atoms with van der Waals surface area (Å²) in [4.78, 5) is 0. The predicted molar refractivity (Wildman–Crippen MR) is 64.3 cm³/mol. The zero-order chi connectivity index (χ0) is 10.6. The molecule has 0 nitrogen and oxygen atoms in total. The lowest BCUT2D eigenvalue weighted by Crippen LogP contribution is -2.21. The van der Waals surface area contributed by atoms with Gasteiger partial charge in [-0.15, -0.1) is 0 Å². The summed E-state index contributed by atoms with van der Waals surface area (Å²) in [5, 5.41) is 0. The number of hydrogen-bond acceptors (Lipinski definition) is 0. The first-order valence-electron chi connectivity index (χ1n) is 6.33. The molecule has 1 rings (SSSR count). The number of allylic oxidation sites excluding steroid dienone is 2. The minimum Gasteiger partial charge on any atom is -0.0854 e. The molecule has 0 amide bonds. The molecule has 0 N–H and O–H groups in total. The van der Waals surface area contributed by atoms with E-state index in [0.717, 1.165) is 23.7 Å². The van der Waals surface area contributed by atoms with Gasteiger partial charge < -0.3 is 0 Å². The molecule has 0 saturated heterocycles. The molecule has 0 aromatic heterocycles. The molecule has 0 spiro atoms. The molecular formula is C14H26. The molecule has 0 bridgehead atoms. The van der Waals surface area contributed by atoms with Crippen LogP contribution in [0, 0.1) is 23.7 Å². The van der Waals surface area contributed by atoms with Crippen LogP contribution >= 0.6 is 0 Å². The average Bonchev–Trinajstić information content (AvgIpc) is 2.15. The molecule has 1 aliphatic carbocycles. The fraction of sp³-hybridized carbons (Fsp3) is 0.857. The molecule has 82 valence electrons. The second-order valence-corrected chi connectivity index (χ2v) is 5.30. The Balaban J connectivity index is 2.55. The second-order valence-electron chi connectivity index (χ2n) is 5.30. The predicted octanol–water partition coefficient (Wildman–Crippen LogP) is 4.66. The zero-order valence-corrected chi connectivity index (χ0v) is 10.3. The Morgan fingerprint density at radius 2 is 1.93 bits per heavy atom. The van der Waals surface area contributed by atoms with Crippen molar-refractivity contribution in [2.45, 2.75) is 53.4 Å². The third kappa shape index (κ3) is 3.15. The summed E-state index contributed by atoms with van der Waals surface area (Å²) in [6, 6.07) is 0. The number of hydrogen-bond donors (Lipinski definition) is 0. The van der Waals surface area contributed by atoms with E-state index in [-0.39, 0.29) is 0 Å². The summed E-state index contributed by atoms with van der Waals surface area (Å²) in [5.41, 5.74) is 0. The largest absolute Gasteiger partial charge is 0.0854 e. The molecular weight excluding hydrogens is 168 g/mol. The van der Waals surface area contributed by atoms with Crippen molar-refractivity contribution in [2.24, 2.45) is 23.7 Å². The van der Waals surface area contributed by atoms with Crippen molar-refractivity contribution < 1.29 is 0 Å². The van der Waals surface area contributed by atoms with Crippen LogP contribution < -0.4 is 0 Å². The van der Waals surface area contributed by atoms with E-state index in [1.165, 1.54) is 25.7 Å². The standard InChI is InChI=1S/C14H26/c1-5-6-14(11(2)3)13-9-7-12(4)8-10-13/h7,9,11-14H,5-6,8,10H2,1-4H3. The van der Waals surface area contributed by atoms with Gasteiger partial charge in [-0.1, -0.05) is 46.3 Å². The third-order valence-electron chi connectivity index (χ3n) is 3.67. The van der Waals surface area contributed by atoms with Gasteiger partial charge in [-0.05, 0) is 42.9 Å². The Bertz CT molecular complexity index is 178. The summed E-state index contributed by atoms with van der Waals surface area (Å²) >= 11 is 0. The van der Waals surface area contributed by atoms with E-state index in [0.29, 0.717) is 0 Å². The average molecular weight is 194 g/mol. The normalized spacial score (nSPS) is 29.5. The van der Waals surface area contributed by atoms with Crippen LogP contribution in [0.5, 0.6) is 0 Å². The fourth-order valence-corrected chi connectivity index (χ4v) is 2.71. The highest BCUT2D eigenvalue weighted by Gasteiger charge is 2.23.